The third-order valence-corrected chi connectivity index (χ3v) is 4.21. The number of rotatable bonds is 2. The second-order valence-corrected chi connectivity index (χ2v) is 5.34. The Morgan fingerprint density at radius 3 is 2.59 bits per heavy atom. The van der Waals surface area contributed by atoms with E-state index in [1.54, 1.807) is 6.07 Å². The van der Waals surface area contributed by atoms with Crippen molar-refractivity contribution < 1.29 is 9.50 Å². The van der Waals surface area contributed by atoms with Crippen molar-refractivity contribution in [1.29, 1.82) is 0 Å². The van der Waals surface area contributed by atoms with E-state index >= 15 is 0 Å². The van der Waals surface area contributed by atoms with E-state index in [0.29, 0.717) is 0 Å². The van der Waals surface area contributed by atoms with Crippen molar-refractivity contribution in [3.63, 3.8) is 0 Å². The molecule has 17 heavy (non-hydrogen) atoms. The minimum Gasteiger partial charge on any atom is -0.385 e. The number of aliphatic hydroxyl groups is 1. The molecule has 1 aliphatic rings. The van der Waals surface area contributed by atoms with Gasteiger partial charge in [0.1, 0.15) is 5.82 Å². The fourth-order valence-electron chi connectivity index (χ4n) is 2.93. The van der Waals surface area contributed by atoms with Crippen molar-refractivity contribution in [2.24, 2.45) is 5.92 Å². The molecule has 1 N–H and O–H groups in total. The second-order valence-electron chi connectivity index (χ2n) is 5.34. The average Bonchev–Trinajstić information content (AvgIpc) is 2.33. The standard InChI is InChI=1S/C15H21FO/c1-3-12-6-8-15(17,9-7-12)14-10-13(16)5-4-11(14)2/h4-5,10,12,17H,3,6-9H2,1-2H3. The normalized spacial score (nSPS) is 29.3. The van der Waals surface area contributed by atoms with Crippen LogP contribution in [0.15, 0.2) is 18.2 Å². The molecule has 2 heteroatoms. The summed E-state index contributed by atoms with van der Waals surface area (Å²) in [6.45, 7) is 4.14. The molecule has 0 heterocycles. The molecule has 1 aromatic carbocycles. The summed E-state index contributed by atoms with van der Waals surface area (Å²) in [5.41, 5.74) is 0.966. The Kier molecular flexibility index (Phi) is 3.53. The van der Waals surface area contributed by atoms with Crippen molar-refractivity contribution in [1.82, 2.24) is 0 Å². The molecule has 0 spiro atoms. The quantitative estimate of drug-likeness (QED) is 0.825. The topological polar surface area (TPSA) is 20.2 Å². The van der Waals surface area contributed by atoms with Gasteiger partial charge in [-0.2, -0.15) is 0 Å². The van der Waals surface area contributed by atoms with E-state index in [1.165, 1.54) is 18.6 Å². The molecule has 2 rings (SSSR count). The van der Waals surface area contributed by atoms with Gasteiger partial charge >= 0.3 is 0 Å². The lowest BCUT2D eigenvalue weighted by Crippen LogP contribution is -2.32. The molecular weight excluding hydrogens is 215 g/mol. The molecule has 0 saturated heterocycles. The van der Waals surface area contributed by atoms with Crippen molar-refractivity contribution in [3.05, 3.63) is 35.1 Å². The van der Waals surface area contributed by atoms with Crippen LogP contribution in [0.4, 0.5) is 4.39 Å². The van der Waals surface area contributed by atoms with Crippen LogP contribution in [-0.2, 0) is 5.60 Å². The van der Waals surface area contributed by atoms with Gasteiger partial charge < -0.3 is 5.11 Å². The molecule has 0 atom stereocenters. The average molecular weight is 236 g/mol. The van der Waals surface area contributed by atoms with Gasteiger partial charge in [0.25, 0.3) is 0 Å². The van der Waals surface area contributed by atoms with E-state index in [0.717, 1.165) is 42.7 Å². The zero-order chi connectivity index (χ0) is 12.5. The zero-order valence-corrected chi connectivity index (χ0v) is 10.7. The van der Waals surface area contributed by atoms with Crippen LogP contribution in [0.1, 0.15) is 50.2 Å². The molecule has 0 radical (unpaired) electrons. The number of hydrogen-bond acceptors (Lipinski definition) is 1. The zero-order valence-electron chi connectivity index (χ0n) is 10.7. The molecule has 1 aliphatic carbocycles. The van der Waals surface area contributed by atoms with Crippen LogP contribution < -0.4 is 0 Å². The van der Waals surface area contributed by atoms with E-state index in [4.69, 9.17) is 0 Å². The first-order valence-electron chi connectivity index (χ1n) is 6.54. The minimum atomic E-state index is -0.808. The van der Waals surface area contributed by atoms with E-state index < -0.39 is 5.60 Å². The lowest BCUT2D eigenvalue weighted by atomic mass is 9.73. The third-order valence-electron chi connectivity index (χ3n) is 4.21. The highest BCUT2D eigenvalue weighted by Gasteiger charge is 2.35. The SMILES string of the molecule is CCC1CCC(O)(c2cc(F)ccc2C)CC1. The van der Waals surface area contributed by atoms with E-state index in [-0.39, 0.29) is 5.82 Å². The highest BCUT2D eigenvalue weighted by atomic mass is 19.1. The van der Waals surface area contributed by atoms with Crippen LogP contribution in [0, 0.1) is 18.7 Å². The smallest absolute Gasteiger partial charge is 0.123 e. The second kappa shape index (κ2) is 4.77. The number of benzene rings is 1. The Labute approximate surface area is 103 Å². The predicted molar refractivity (Wildman–Crippen MR) is 67.3 cm³/mol. The lowest BCUT2D eigenvalue weighted by Gasteiger charge is -2.37. The van der Waals surface area contributed by atoms with Gasteiger partial charge in [0.2, 0.25) is 0 Å². The summed E-state index contributed by atoms with van der Waals surface area (Å²) in [7, 11) is 0. The molecule has 0 aromatic heterocycles. The van der Waals surface area contributed by atoms with Gasteiger partial charge in [-0.25, -0.2) is 4.39 Å². The van der Waals surface area contributed by atoms with E-state index in [1.807, 2.05) is 6.92 Å². The van der Waals surface area contributed by atoms with Crippen molar-refractivity contribution >= 4 is 0 Å². The number of hydrogen-bond donors (Lipinski definition) is 1. The highest BCUT2D eigenvalue weighted by Crippen LogP contribution is 2.41. The summed E-state index contributed by atoms with van der Waals surface area (Å²) < 4.78 is 13.3. The Morgan fingerprint density at radius 1 is 1.35 bits per heavy atom. The summed E-state index contributed by atoms with van der Waals surface area (Å²) in [6.07, 6.45) is 4.79. The van der Waals surface area contributed by atoms with Crippen LogP contribution >= 0.6 is 0 Å². The Balaban J connectivity index is 2.24. The highest BCUT2D eigenvalue weighted by molar-refractivity contribution is 5.32. The summed E-state index contributed by atoms with van der Waals surface area (Å²) in [5.74, 6) is 0.473. The van der Waals surface area contributed by atoms with Gasteiger partial charge in [0, 0.05) is 0 Å². The molecule has 0 aliphatic heterocycles. The van der Waals surface area contributed by atoms with Gasteiger partial charge in [-0.1, -0.05) is 19.4 Å². The monoisotopic (exact) mass is 236 g/mol. The largest absolute Gasteiger partial charge is 0.385 e. The van der Waals surface area contributed by atoms with Gasteiger partial charge in [-0.15, -0.1) is 0 Å². The predicted octanol–water partition coefficient (Wildman–Crippen LogP) is 3.92. The van der Waals surface area contributed by atoms with E-state index in [9.17, 15) is 9.50 Å². The molecule has 1 nitrogen and oxygen atoms in total. The van der Waals surface area contributed by atoms with Crippen LogP contribution in [0.3, 0.4) is 0 Å². The molecule has 0 unspecified atom stereocenters. The van der Waals surface area contributed by atoms with E-state index in [2.05, 4.69) is 6.92 Å². The Hall–Kier alpha value is -0.890. The molecule has 0 amide bonds. The summed E-state index contributed by atoms with van der Waals surface area (Å²) in [4.78, 5) is 0. The maximum Gasteiger partial charge on any atom is 0.123 e. The molecule has 0 bridgehead atoms. The first kappa shape index (κ1) is 12.6. The first-order valence-corrected chi connectivity index (χ1v) is 6.54. The van der Waals surface area contributed by atoms with Gasteiger partial charge in [-0.3, -0.25) is 0 Å². The van der Waals surface area contributed by atoms with Gasteiger partial charge in [-0.05, 0) is 61.8 Å². The molecule has 94 valence electrons. The van der Waals surface area contributed by atoms with Crippen molar-refractivity contribution in [2.75, 3.05) is 0 Å². The molecule has 1 fully saturated rings. The van der Waals surface area contributed by atoms with Crippen molar-refractivity contribution in [3.8, 4) is 0 Å². The Morgan fingerprint density at radius 2 is 2.00 bits per heavy atom. The minimum absolute atomic E-state index is 0.253. The molecular formula is C15H21FO. The first-order chi connectivity index (χ1) is 8.05. The summed E-state index contributed by atoms with van der Waals surface area (Å²) in [5, 5.41) is 10.7. The lowest BCUT2D eigenvalue weighted by molar-refractivity contribution is -0.0153. The molecule has 1 aromatic rings. The van der Waals surface area contributed by atoms with Crippen molar-refractivity contribution in [2.45, 2.75) is 51.6 Å². The summed E-state index contributed by atoms with van der Waals surface area (Å²) >= 11 is 0. The maximum absolute atomic E-state index is 13.3. The van der Waals surface area contributed by atoms with Gasteiger partial charge in [0.15, 0.2) is 0 Å². The van der Waals surface area contributed by atoms with Crippen LogP contribution in [-0.4, -0.2) is 5.11 Å². The fraction of sp³-hybridized carbons (Fsp3) is 0.600. The summed E-state index contributed by atoms with van der Waals surface area (Å²) in [6, 6.07) is 4.72. The Bertz CT molecular complexity index is 392. The number of halogens is 1. The van der Waals surface area contributed by atoms with Gasteiger partial charge in [0.05, 0.1) is 5.60 Å². The fourth-order valence-corrected chi connectivity index (χ4v) is 2.93. The molecule has 1 saturated carbocycles. The van der Waals surface area contributed by atoms with Crippen LogP contribution in [0.25, 0.3) is 0 Å². The van der Waals surface area contributed by atoms with Crippen LogP contribution in [0.2, 0.25) is 0 Å². The third kappa shape index (κ3) is 2.52. The van der Waals surface area contributed by atoms with Crippen LogP contribution in [0.5, 0.6) is 0 Å². The number of aryl methyl sites for hydroxylation is 1. The maximum atomic E-state index is 13.3.